The fourth-order valence-electron chi connectivity index (χ4n) is 0.462. The molecule has 0 unspecified atom stereocenters. The summed E-state index contributed by atoms with van der Waals surface area (Å²) in [5.74, 6) is 0. The summed E-state index contributed by atoms with van der Waals surface area (Å²) in [4.78, 5) is 10.1. The van der Waals surface area contributed by atoms with Crippen LogP contribution >= 0.6 is 0 Å². The largest absolute Gasteiger partial charge is 0.351 e. The van der Waals surface area contributed by atoms with Gasteiger partial charge < -0.3 is 11.1 Å². The van der Waals surface area contributed by atoms with Crippen LogP contribution in [-0.2, 0) is 0 Å². The minimum atomic E-state index is -0.587. The molecule has 5 nitrogen and oxygen atoms in total. The van der Waals surface area contributed by atoms with E-state index in [1.54, 1.807) is 0 Å². The van der Waals surface area contributed by atoms with Gasteiger partial charge >= 0.3 is 6.03 Å². The summed E-state index contributed by atoms with van der Waals surface area (Å²) in [7, 11) is 0. The van der Waals surface area contributed by atoms with Gasteiger partial charge in [-0.2, -0.15) is 5.10 Å². The molecule has 0 atom stereocenters. The number of hydrogen-bond donors (Lipinski definition) is 3. The summed E-state index contributed by atoms with van der Waals surface area (Å²) in [6, 6.07) is -0.587. The summed E-state index contributed by atoms with van der Waals surface area (Å²) >= 11 is 0. The predicted octanol–water partition coefficient (Wildman–Crippen LogP) is -0.0997. The number of primary amides is 1. The minimum absolute atomic E-state index is 0.572. The Morgan fingerprint density at radius 2 is 2.67 bits per heavy atom. The fourth-order valence-corrected chi connectivity index (χ4v) is 0.462. The Balaban J connectivity index is 2.58. The Bertz CT molecular complexity index is 192. The first-order valence-corrected chi connectivity index (χ1v) is 2.34. The van der Waals surface area contributed by atoms with Crippen LogP contribution in [0, 0.1) is 0 Å². The second-order valence-corrected chi connectivity index (χ2v) is 1.48. The molecular formula is C4H6N4O. The molecule has 1 aromatic rings. The van der Waals surface area contributed by atoms with Crippen LogP contribution in [0.2, 0.25) is 0 Å². The first-order chi connectivity index (χ1) is 4.29. The zero-order chi connectivity index (χ0) is 6.69. The molecule has 0 bridgehead atoms. The Kier molecular flexibility index (Phi) is 1.35. The highest BCUT2D eigenvalue weighted by Gasteiger charge is 1.93. The van der Waals surface area contributed by atoms with Gasteiger partial charge in [-0.3, -0.25) is 5.10 Å². The van der Waals surface area contributed by atoms with E-state index in [2.05, 4.69) is 15.5 Å². The molecule has 0 spiro atoms. The van der Waals surface area contributed by atoms with Crippen molar-refractivity contribution in [3.8, 4) is 0 Å². The number of aromatic amines is 1. The summed E-state index contributed by atoms with van der Waals surface area (Å²) in [6.07, 6.45) is 3.00. The number of H-pyrrole nitrogens is 1. The van der Waals surface area contributed by atoms with Crippen molar-refractivity contribution in [1.82, 2.24) is 10.2 Å². The first kappa shape index (κ1) is 5.61. The number of nitrogens with zero attached hydrogens (tertiary/aromatic N) is 1. The molecule has 0 aliphatic carbocycles. The molecule has 5 heteroatoms. The number of amides is 2. The highest BCUT2D eigenvalue weighted by atomic mass is 16.2. The van der Waals surface area contributed by atoms with Crippen molar-refractivity contribution in [3.63, 3.8) is 0 Å². The molecule has 0 fully saturated rings. The maximum absolute atomic E-state index is 10.1. The van der Waals surface area contributed by atoms with Gasteiger partial charge in [0.05, 0.1) is 11.9 Å². The second-order valence-electron chi connectivity index (χ2n) is 1.48. The van der Waals surface area contributed by atoms with E-state index in [9.17, 15) is 4.79 Å². The standard InChI is InChI=1S/C4H6N4O/c5-4(9)8-3-1-6-7-2-3/h1-2H,(H,6,7)(H3,5,8,9). The van der Waals surface area contributed by atoms with Crippen LogP contribution in [0.15, 0.2) is 12.4 Å². The molecule has 0 radical (unpaired) electrons. The number of carbonyl (C=O) groups excluding carboxylic acids is 1. The summed E-state index contributed by atoms with van der Waals surface area (Å²) in [5.41, 5.74) is 5.36. The van der Waals surface area contributed by atoms with Gasteiger partial charge in [-0.1, -0.05) is 0 Å². The summed E-state index contributed by atoms with van der Waals surface area (Å²) in [6.45, 7) is 0. The van der Waals surface area contributed by atoms with Gasteiger partial charge in [0.1, 0.15) is 0 Å². The number of hydrogen-bond acceptors (Lipinski definition) is 2. The van der Waals surface area contributed by atoms with Crippen LogP contribution in [0.4, 0.5) is 10.5 Å². The fraction of sp³-hybridized carbons (Fsp3) is 0. The number of nitrogens with one attached hydrogen (secondary N) is 2. The molecular weight excluding hydrogens is 120 g/mol. The number of nitrogens with two attached hydrogens (primary N) is 1. The van der Waals surface area contributed by atoms with Crippen LogP contribution in [0.25, 0.3) is 0 Å². The van der Waals surface area contributed by atoms with E-state index in [1.165, 1.54) is 12.4 Å². The van der Waals surface area contributed by atoms with Gasteiger partial charge in [0.25, 0.3) is 0 Å². The molecule has 48 valence electrons. The number of carbonyl (C=O) groups is 1. The van der Waals surface area contributed by atoms with Crippen molar-refractivity contribution in [2.75, 3.05) is 5.32 Å². The highest BCUT2D eigenvalue weighted by molar-refractivity contribution is 5.87. The number of anilines is 1. The van der Waals surface area contributed by atoms with Gasteiger partial charge in [0, 0.05) is 6.20 Å². The molecule has 0 aliphatic heterocycles. The van der Waals surface area contributed by atoms with E-state index in [-0.39, 0.29) is 0 Å². The number of urea groups is 1. The predicted molar refractivity (Wildman–Crippen MR) is 31.8 cm³/mol. The topological polar surface area (TPSA) is 83.8 Å². The average molecular weight is 126 g/mol. The summed E-state index contributed by atoms with van der Waals surface area (Å²) < 4.78 is 0. The Morgan fingerprint density at radius 1 is 1.89 bits per heavy atom. The molecule has 9 heavy (non-hydrogen) atoms. The lowest BCUT2D eigenvalue weighted by Gasteiger charge is -1.91. The maximum atomic E-state index is 10.1. The Labute approximate surface area is 51.2 Å². The van der Waals surface area contributed by atoms with Crippen molar-refractivity contribution in [2.24, 2.45) is 5.73 Å². The lowest BCUT2D eigenvalue weighted by molar-refractivity contribution is 0.259. The highest BCUT2D eigenvalue weighted by Crippen LogP contribution is 1.98. The number of aromatic nitrogens is 2. The van der Waals surface area contributed by atoms with E-state index in [0.717, 1.165) is 0 Å². The first-order valence-electron chi connectivity index (χ1n) is 2.34. The Hall–Kier alpha value is -1.52. The van der Waals surface area contributed by atoms with Crippen LogP contribution < -0.4 is 11.1 Å². The molecule has 0 aromatic carbocycles. The Morgan fingerprint density at radius 3 is 3.11 bits per heavy atom. The van der Waals surface area contributed by atoms with Gasteiger partial charge in [-0.25, -0.2) is 4.79 Å². The van der Waals surface area contributed by atoms with Gasteiger partial charge in [0.2, 0.25) is 0 Å². The minimum Gasteiger partial charge on any atom is -0.351 e. The van der Waals surface area contributed by atoms with Crippen molar-refractivity contribution >= 4 is 11.7 Å². The molecule has 0 saturated heterocycles. The molecule has 1 heterocycles. The maximum Gasteiger partial charge on any atom is 0.316 e. The van der Waals surface area contributed by atoms with Crippen molar-refractivity contribution < 1.29 is 4.79 Å². The smallest absolute Gasteiger partial charge is 0.316 e. The quantitative estimate of drug-likeness (QED) is 0.491. The van der Waals surface area contributed by atoms with Crippen LogP contribution in [0.3, 0.4) is 0 Å². The van der Waals surface area contributed by atoms with E-state index < -0.39 is 6.03 Å². The second kappa shape index (κ2) is 2.17. The van der Waals surface area contributed by atoms with E-state index >= 15 is 0 Å². The van der Waals surface area contributed by atoms with Gasteiger partial charge in [0.15, 0.2) is 0 Å². The molecule has 0 saturated carbocycles. The third-order valence-electron chi connectivity index (χ3n) is 0.766. The van der Waals surface area contributed by atoms with Crippen molar-refractivity contribution in [3.05, 3.63) is 12.4 Å². The van der Waals surface area contributed by atoms with Crippen LogP contribution in [-0.4, -0.2) is 16.2 Å². The zero-order valence-corrected chi connectivity index (χ0v) is 4.59. The van der Waals surface area contributed by atoms with Crippen molar-refractivity contribution in [2.45, 2.75) is 0 Å². The molecule has 4 N–H and O–H groups in total. The number of rotatable bonds is 1. The molecule has 1 rings (SSSR count). The normalized spacial score (nSPS) is 8.89. The van der Waals surface area contributed by atoms with E-state index in [0.29, 0.717) is 5.69 Å². The molecule has 2 amide bonds. The monoisotopic (exact) mass is 126 g/mol. The lowest BCUT2D eigenvalue weighted by atomic mass is 10.6. The van der Waals surface area contributed by atoms with E-state index in [1.807, 2.05) is 0 Å². The van der Waals surface area contributed by atoms with E-state index in [4.69, 9.17) is 5.73 Å². The van der Waals surface area contributed by atoms with Crippen LogP contribution in [0.5, 0.6) is 0 Å². The van der Waals surface area contributed by atoms with Crippen molar-refractivity contribution in [1.29, 1.82) is 0 Å². The SMILES string of the molecule is NC(=O)Nc1cn[nH]c1. The lowest BCUT2D eigenvalue weighted by Crippen LogP contribution is -2.18. The third-order valence-corrected chi connectivity index (χ3v) is 0.766. The average Bonchev–Trinajstić information content (AvgIpc) is 2.15. The van der Waals surface area contributed by atoms with Gasteiger partial charge in [-0.15, -0.1) is 0 Å². The molecule has 0 aliphatic rings. The third kappa shape index (κ3) is 1.45. The zero-order valence-electron chi connectivity index (χ0n) is 4.59. The molecule has 1 aromatic heterocycles. The van der Waals surface area contributed by atoms with Gasteiger partial charge in [-0.05, 0) is 0 Å². The van der Waals surface area contributed by atoms with Crippen LogP contribution in [0.1, 0.15) is 0 Å². The summed E-state index contributed by atoms with van der Waals surface area (Å²) in [5, 5.41) is 8.42.